The van der Waals surface area contributed by atoms with Crippen LogP contribution in [0.2, 0.25) is 0 Å². The normalized spacial score (nSPS) is 15.9. The summed E-state index contributed by atoms with van der Waals surface area (Å²) in [5.74, 6) is -0.491. The van der Waals surface area contributed by atoms with E-state index in [0.29, 0.717) is 0 Å². The molecule has 2 nitrogen and oxygen atoms in total. The summed E-state index contributed by atoms with van der Waals surface area (Å²) in [5.41, 5.74) is 0. The zero-order valence-corrected chi connectivity index (χ0v) is 15.6. The predicted molar refractivity (Wildman–Crippen MR) is 96.2 cm³/mol. The third-order valence-electron chi connectivity index (χ3n) is 4.17. The summed E-state index contributed by atoms with van der Waals surface area (Å²) in [6.45, 7) is 6.61. The van der Waals surface area contributed by atoms with Gasteiger partial charge in [-0.15, -0.1) is 0 Å². The molecule has 0 spiro atoms. The Kier molecular flexibility index (Phi) is 15.5. The van der Waals surface area contributed by atoms with Gasteiger partial charge in [-0.25, -0.2) is 0 Å². The van der Waals surface area contributed by atoms with Crippen LogP contribution in [0.25, 0.3) is 0 Å². The second-order valence-corrected chi connectivity index (χ2v) is 8.92. The molecule has 0 fully saturated rings. The molecule has 0 aromatic rings. The van der Waals surface area contributed by atoms with E-state index in [1.54, 1.807) is 0 Å². The van der Waals surface area contributed by atoms with E-state index in [9.17, 15) is 10.2 Å². The first-order valence-corrected chi connectivity index (χ1v) is 11.0. The third-order valence-corrected chi connectivity index (χ3v) is 7.05. The fourth-order valence-corrected chi connectivity index (χ4v) is 5.31. The van der Waals surface area contributed by atoms with E-state index >= 15 is 0 Å². The molecule has 0 aromatic carbocycles. The molecule has 0 aliphatic carbocycles. The summed E-state index contributed by atoms with van der Waals surface area (Å²) < 4.78 is 0. The van der Waals surface area contributed by atoms with Crippen LogP contribution in [0, 0.1) is 0 Å². The lowest BCUT2D eigenvalue weighted by Crippen LogP contribution is -2.17. The first-order valence-electron chi connectivity index (χ1n) is 9.29. The van der Waals surface area contributed by atoms with Gasteiger partial charge in [0.15, 0.2) is 0 Å². The molecule has 0 aliphatic rings. The van der Waals surface area contributed by atoms with E-state index in [-0.39, 0.29) is 11.7 Å². The van der Waals surface area contributed by atoms with Crippen LogP contribution in [0.1, 0.15) is 97.8 Å². The van der Waals surface area contributed by atoms with Crippen LogP contribution in [-0.2, 0) is 0 Å². The lowest BCUT2D eigenvalue weighted by Gasteiger charge is -2.28. The van der Waals surface area contributed by atoms with Crippen molar-refractivity contribution in [3.05, 3.63) is 0 Å². The maximum absolute atomic E-state index is 10.5. The van der Waals surface area contributed by atoms with Gasteiger partial charge in [-0.1, -0.05) is 78.6 Å². The summed E-state index contributed by atoms with van der Waals surface area (Å²) in [6.07, 6.45) is 14.8. The van der Waals surface area contributed by atoms with E-state index in [1.165, 1.54) is 51.4 Å². The highest BCUT2D eigenvalue weighted by molar-refractivity contribution is 7.58. The minimum atomic E-state index is -0.622. The fraction of sp³-hybridized carbons (Fsp3) is 1.00. The van der Waals surface area contributed by atoms with Gasteiger partial charge in [-0.2, -0.15) is 0 Å². The van der Waals surface area contributed by atoms with Crippen LogP contribution in [0.3, 0.4) is 0 Å². The minimum Gasteiger partial charge on any atom is -0.389 e. The molecule has 0 saturated heterocycles. The van der Waals surface area contributed by atoms with E-state index in [1.807, 2.05) is 0 Å². The van der Waals surface area contributed by atoms with Gasteiger partial charge in [0.1, 0.15) is 0 Å². The average Bonchev–Trinajstić information content (AvgIpc) is 2.47. The van der Waals surface area contributed by atoms with Crippen LogP contribution < -0.4 is 0 Å². The van der Waals surface area contributed by atoms with Crippen molar-refractivity contribution in [2.24, 2.45) is 0 Å². The monoisotopic (exact) mass is 318 g/mol. The van der Waals surface area contributed by atoms with Gasteiger partial charge >= 0.3 is 0 Å². The quantitative estimate of drug-likeness (QED) is 0.294. The molecule has 0 bridgehead atoms. The topological polar surface area (TPSA) is 40.5 Å². The number of unbranched alkanes of at least 4 members (excludes halogenated alkanes) is 7. The molecule has 0 radical (unpaired) electrons. The maximum Gasteiger partial charge on any atom is 0.0755 e. The second-order valence-electron chi connectivity index (χ2n) is 6.25. The molecule has 0 aromatic heterocycles. The lowest BCUT2D eigenvalue weighted by atomic mass is 10.2. The molecule has 21 heavy (non-hydrogen) atoms. The van der Waals surface area contributed by atoms with Crippen molar-refractivity contribution in [2.45, 2.75) is 110 Å². The van der Waals surface area contributed by atoms with Gasteiger partial charge in [0.2, 0.25) is 0 Å². The number of hydrogen-bond donors (Lipinski definition) is 2. The highest BCUT2D eigenvalue weighted by atomic mass is 31.1. The molecule has 2 atom stereocenters. The minimum absolute atomic E-state index is 0.246. The summed E-state index contributed by atoms with van der Waals surface area (Å²) in [7, 11) is -0.622. The lowest BCUT2D eigenvalue weighted by molar-refractivity contribution is 0.207. The molecule has 0 rings (SSSR count). The first kappa shape index (κ1) is 21.4. The van der Waals surface area contributed by atoms with E-state index in [0.717, 1.165) is 31.8 Å². The zero-order valence-electron chi connectivity index (χ0n) is 14.7. The Labute approximate surface area is 134 Å². The Morgan fingerprint density at radius 2 is 1.05 bits per heavy atom. The number of hydrogen-bond acceptors (Lipinski definition) is 2. The van der Waals surface area contributed by atoms with Gasteiger partial charge in [0.25, 0.3) is 0 Å². The van der Waals surface area contributed by atoms with Crippen molar-refractivity contribution in [3.8, 4) is 0 Å². The molecule has 0 saturated carbocycles. The van der Waals surface area contributed by atoms with Crippen molar-refractivity contribution in [2.75, 3.05) is 6.16 Å². The van der Waals surface area contributed by atoms with Crippen LogP contribution in [0.5, 0.6) is 0 Å². The Morgan fingerprint density at radius 1 is 0.619 bits per heavy atom. The van der Waals surface area contributed by atoms with Crippen LogP contribution in [-0.4, -0.2) is 28.1 Å². The number of aliphatic hydroxyl groups is 2. The summed E-state index contributed by atoms with van der Waals surface area (Å²) >= 11 is 0. The third kappa shape index (κ3) is 11.6. The van der Waals surface area contributed by atoms with Crippen molar-refractivity contribution < 1.29 is 10.2 Å². The van der Waals surface area contributed by atoms with Crippen LogP contribution >= 0.6 is 7.92 Å². The number of aliphatic hydroxyl groups excluding tert-OH is 2. The van der Waals surface area contributed by atoms with Crippen LogP contribution in [0.4, 0.5) is 0 Å². The maximum atomic E-state index is 10.5. The predicted octanol–water partition coefficient (Wildman–Crippen LogP) is 5.85. The Morgan fingerprint density at radius 3 is 1.48 bits per heavy atom. The largest absolute Gasteiger partial charge is 0.389 e. The Hall–Kier alpha value is 0.350. The van der Waals surface area contributed by atoms with Gasteiger partial charge in [0.05, 0.1) is 11.7 Å². The SMILES string of the molecule is CCCCCCP(C(O)CCCCC)C(O)CCCCC. The fourth-order valence-electron chi connectivity index (χ4n) is 2.70. The van der Waals surface area contributed by atoms with Crippen molar-refractivity contribution >= 4 is 7.92 Å². The standard InChI is InChI=1S/C18H39O2P/c1-4-7-10-13-16-21(17(19)14-11-8-5-2)18(20)15-12-9-6-3/h17-20H,4-16H2,1-3H3. The number of rotatable bonds is 15. The average molecular weight is 318 g/mol. The van der Waals surface area contributed by atoms with Crippen molar-refractivity contribution in [3.63, 3.8) is 0 Å². The van der Waals surface area contributed by atoms with Gasteiger partial charge in [0, 0.05) is 0 Å². The van der Waals surface area contributed by atoms with E-state index in [2.05, 4.69) is 20.8 Å². The molecule has 2 N–H and O–H groups in total. The summed E-state index contributed by atoms with van der Waals surface area (Å²) in [6, 6.07) is 0. The Balaban J connectivity index is 4.22. The highest BCUT2D eigenvalue weighted by Gasteiger charge is 2.25. The van der Waals surface area contributed by atoms with E-state index in [4.69, 9.17) is 0 Å². The Bertz CT molecular complexity index is 195. The summed E-state index contributed by atoms with van der Waals surface area (Å²) in [4.78, 5) is 0. The smallest absolute Gasteiger partial charge is 0.0755 e. The zero-order chi connectivity index (χ0) is 15.9. The molecular formula is C18H39O2P. The molecular weight excluding hydrogens is 279 g/mol. The van der Waals surface area contributed by atoms with E-state index < -0.39 is 7.92 Å². The molecule has 3 heteroatoms. The van der Waals surface area contributed by atoms with Gasteiger partial charge in [-0.3, -0.25) is 0 Å². The highest BCUT2D eigenvalue weighted by Crippen LogP contribution is 2.48. The van der Waals surface area contributed by atoms with Crippen LogP contribution in [0.15, 0.2) is 0 Å². The van der Waals surface area contributed by atoms with Gasteiger partial charge < -0.3 is 10.2 Å². The summed E-state index contributed by atoms with van der Waals surface area (Å²) in [5, 5.41) is 21.0. The molecule has 0 amide bonds. The molecule has 0 heterocycles. The first-order chi connectivity index (χ1) is 10.2. The van der Waals surface area contributed by atoms with Crippen molar-refractivity contribution in [1.82, 2.24) is 0 Å². The van der Waals surface area contributed by atoms with Crippen molar-refractivity contribution in [1.29, 1.82) is 0 Å². The second kappa shape index (κ2) is 15.3. The molecule has 2 unspecified atom stereocenters. The molecule has 0 aliphatic heterocycles. The molecule has 128 valence electrons. The van der Waals surface area contributed by atoms with Gasteiger partial charge in [-0.05, 0) is 33.3 Å².